The van der Waals surface area contributed by atoms with Crippen molar-refractivity contribution in [3.8, 4) is 6.07 Å². The van der Waals surface area contributed by atoms with E-state index in [4.69, 9.17) is 10.4 Å². The van der Waals surface area contributed by atoms with Gasteiger partial charge in [0, 0.05) is 0 Å². The van der Waals surface area contributed by atoms with Crippen LogP contribution in [-0.4, -0.2) is 23.1 Å². The number of urea groups is 1. The highest BCUT2D eigenvalue weighted by Crippen LogP contribution is 2.17. The normalized spacial score (nSPS) is 11.0. The summed E-state index contributed by atoms with van der Waals surface area (Å²) in [7, 11) is 0. The zero-order valence-electron chi connectivity index (χ0n) is 10.4. The van der Waals surface area contributed by atoms with Gasteiger partial charge in [0.15, 0.2) is 0 Å². The van der Waals surface area contributed by atoms with E-state index in [0.29, 0.717) is 0 Å². The van der Waals surface area contributed by atoms with E-state index in [1.54, 1.807) is 6.07 Å². The molecule has 0 heterocycles. The summed E-state index contributed by atoms with van der Waals surface area (Å²) in [5, 5.41) is 22.1. The predicted molar refractivity (Wildman–Crippen MR) is 69.5 cm³/mol. The molecule has 1 aromatic rings. The Kier molecular flexibility index (Phi) is 5.23. The van der Waals surface area contributed by atoms with Gasteiger partial charge in [-0.3, -0.25) is 0 Å². The molecule has 0 aliphatic carbocycles. The van der Waals surface area contributed by atoms with E-state index in [1.807, 2.05) is 0 Å². The van der Waals surface area contributed by atoms with Crippen LogP contribution in [0.3, 0.4) is 0 Å². The van der Waals surface area contributed by atoms with E-state index in [2.05, 4.69) is 17.2 Å². The number of hydrogen-bond donors (Lipinski definition) is 3. The Morgan fingerprint density at radius 2 is 2.25 bits per heavy atom. The maximum absolute atomic E-state index is 13.3. The zero-order chi connectivity index (χ0) is 15.1. The van der Waals surface area contributed by atoms with Crippen molar-refractivity contribution in [3.05, 3.63) is 42.2 Å². The van der Waals surface area contributed by atoms with Gasteiger partial charge in [-0.25, -0.2) is 14.0 Å². The number of hydrogen-bond acceptors (Lipinski definition) is 3. The van der Waals surface area contributed by atoms with Gasteiger partial charge >= 0.3 is 12.0 Å². The fourth-order valence-corrected chi connectivity index (χ4v) is 1.45. The van der Waals surface area contributed by atoms with Gasteiger partial charge in [0.2, 0.25) is 0 Å². The van der Waals surface area contributed by atoms with Crippen molar-refractivity contribution in [1.82, 2.24) is 5.32 Å². The molecule has 0 aromatic heterocycles. The minimum Gasteiger partial charge on any atom is -0.480 e. The number of nitriles is 1. The SMILES string of the molecule is C=CCC(NC(=O)Nc1cccc(F)c1C#N)C(=O)O. The highest BCUT2D eigenvalue weighted by atomic mass is 19.1. The number of benzene rings is 1. The fraction of sp³-hybridized carbons (Fsp3) is 0.154. The number of amides is 2. The third kappa shape index (κ3) is 3.81. The molecule has 7 heteroatoms. The van der Waals surface area contributed by atoms with E-state index in [1.165, 1.54) is 18.2 Å². The van der Waals surface area contributed by atoms with Gasteiger partial charge in [0.25, 0.3) is 0 Å². The minimum atomic E-state index is -1.22. The minimum absolute atomic E-state index is 0.0345. The van der Waals surface area contributed by atoms with Crippen molar-refractivity contribution in [1.29, 1.82) is 5.26 Å². The average molecular weight is 277 g/mol. The van der Waals surface area contributed by atoms with Crippen LogP contribution in [0.15, 0.2) is 30.9 Å². The summed E-state index contributed by atoms with van der Waals surface area (Å²) >= 11 is 0. The summed E-state index contributed by atoms with van der Waals surface area (Å²) in [6.45, 7) is 3.39. The van der Waals surface area contributed by atoms with Crippen molar-refractivity contribution in [2.45, 2.75) is 12.5 Å². The van der Waals surface area contributed by atoms with Crippen LogP contribution >= 0.6 is 0 Å². The second-order valence-corrected chi connectivity index (χ2v) is 3.79. The number of carbonyl (C=O) groups excluding carboxylic acids is 1. The number of anilines is 1. The molecule has 0 radical (unpaired) electrons. The molecule has 6 nitrogen and oxygen atoms in total. The van der Waals surface area contributed by atoms with E-state index in [0.717, 1.165) is 6.07 Å². The van der Waals surface area contributed by atoms with Crippen LogP contribution in [0.2, 0.25) is 0 Å². The van der Waals surface area contributed by atoms with E-state index < -0.39 is 23.9 Å². The quantitative estimate of drug-likeness (QED) is 0.714. The largest absolute Gasteiger partial charge is 0.480 e. The lowest BCUT2D eigenvalue weighted by Gasteiger charge is -2.14. The summed E-state index contributed by atoms with van der Waals surface area (Å²) < 4.78 is 13.3. The lowest BCUT2D eigenvalue weighted by molar-refractivity contribution is -0.139. The Balaban J connectivity index is 2.81. The lowest BCUT2D eigenvalue weighted by atomic mass is 10.2. The highest BCUT2D eigenvalue weighted by molar-refractivity contribution is 5.93. The molecule has 2 amide bonds. The number of halogens is 1. The first-order valence-corrected chi connectivity index (χ1v) is 5.59. The van der Waals surface area contributed by atoms with Gasteiger partial charge in [-0.1, -0.05) is 12.1 Å². The van der Waals surface area contributed by atoms with Crippen LogP contribution < -0.4 is 10.6 Å². The molecule has 104 valence electrons. The molecule has 0 aliphatic heterocycles. The second kappa shape index (κ2) is 6.89. The topological polar surface area (TPSA) is 102 Å². The first-order chi connectivity index (χ1) is 9.49. The standard InChI is InChI=1S/C13H12FN3O3/c1-2-4-11(12(18)19)17-13(20)16-10-6-3-5-9(14)8(10)7-15/h2-3,5-6,11H,1,4H2,(H,18,19)(H2,16,17,20). The molecule has 3 N–H and O–H groups in total. The molecule has 0 saturated carbocycles. The molecule has 20 heavy (non-hydrogen) atoms. The van der Waals surface area contributed by atoms with Gasteiger partial charge in [0.05, 0.1) is 5.69 Å². The van der Waals surface area contributed by atoms with Gasteiger partial charge in [-0.2, -0.15) is 5.26 Å². The third-order valence-electron chi connectivity index (χ3n) is 2.38. The Labute approximate surface area is 114 Å². The Bertz CT molecular complexity index is 581. The molecular weight excluding hydrogens is 265 g/mol. The molecule has 1 atom stereocenters. The van der Waals surface area contributed by atoms with Gasteiger partial charge in [-0.05, 0) is 18.6 Å². The number of aliphatic carboxylic acids is 1. The molecule has 0 spiro atoms. The average Bonchev–Trinajstić information content (AvgIpc) is 2.38. The maximum Gasteiger partial charge on any atom is 0.326 e. The van der Waals surface area contributed by atoms with E-state index in [-0.39, 0.29) is 17.7 Å². The number of nitrogens with one attached hydrogen (secondary N) is 2. The molecule has 1 rings (SSSR count). The van der Waals surface area contributed by atoms with Crippen LogP contribution in [0, 0.1) is 17.1 Å². The molecular formula is C13H12FN3O3. The smallest absolute Gasteiger partial charge is 0.326 e. The summed E-state index contributed by atoms with van der Waals surface area (Å²) in [4.78, 5) is 22.5. The zero-order valence-corrected chi connectivity index (χ0v) is 10.4. The number of carbonyl (C=O) groups is 2. The molecule has 0 saturated heterocycles. The molecule has 0 fully saturated rings. The van der Waals surface area contributed by atoms with Crippen LogP contribution in [0.25, 0.3) is 0 Å². The van der Waals surface area contributed by atoms with Crippen molar-refractivity contribution < 1.29 is 19.1 Å². The Hall–Kier alpha value is -2.88. The van der Waals surface area contributed by atoms with Crippen molar-refractivity contribution in [2.75, 3.05) is 5.32 Å². The molecule has 0 aliphatic rings. The second-order valence-electron chi connectivity index (χ2n) is 3.79. The first-order valence-electron chi connectivity index (χ1n) is 5.59. The molecule has 0 bridgehead atoms. The molecule has 1 aromatic carbocycles. The summed E-state index contributed by atoms with van der Waals surface area (Å²) in [5.74, 6) is -1.99. The summed E-state index contributed by atoms with van der Waals surface area (Å²) in [6.07, 6.45) is 1.39. The van der Waals surface area contributed by atoms with Crippen LogP contribution in [0.4, 0.5) is 14.9 Å². The molecule has 1 unspecified atom stereocenters. The highest BCUT2D eigenvalue weighted by Gasteiger charge is 2.19. The predicted octanol–water partition coefficient (Wildman–Crippen LogP) is 1.85. The lowest BCUT2D eigenvalue weighted by Crippen LogP contribution is -2.42. The van der Waals surface area contributed by atoms with Crippen molar-refractivity contribution in [2.24, 2.45) is 0 Å². The van der Waals surface area contributed by atoms with Crippen molar-refractivity contribution in [3.63, 3.8) is 0 Å². The van der Waals surface area contributed by atoms with Gasteiger partial charge in [0.1, 0.15) is 23.5 Å². The van der Waals surface area contributed by atoms with Gasteiger partial charge in [-0.15, -0.1) is 6.58 Å². The Morgan fingerprint density at radius 1 is 1.55 bits per heavy atom. The summed E-state index contributed by atoms with van der Waals surface area (Å²) in [5.41, 5.74) is -0.356. The number of carboxylic acid groups (broad SMARTS) is 1. The fourth-order valence-electron chi connectivity index (χ4n) is 1.45. The van der Waals surface area contributed by atoms with Crippen LogP contribution in [0.1, 0.15) is 12.0 Å². The Morgan fingerprint density at radius 3 is 2.80 bits per heavy atom. The van der Waals surface area contributed by atoms with Crippen LogP contribution in [-0.2, 0) is 4.79 Å². The number of rotatable bonds is 5. The number of carboxylic acids is 1. The van der Waals surface area contributed by atoms with Gasteiger partial charge < -0.3 is 15.7 Å². The first kappa shape index (κ1) is 15.2. The van der Waals surface area contributed by atoms with E-state index >= 15 is 0 Å². The van der Waals surface area contributed by atoms with Crippen molar-refractivity contribution >= 4 is 17.7 Å². The number of nitrogens with zero attached hydrogens (tertiary/aromatic N) is 1. The summed E-state index contributed by atoms with van der Waals surface area (Å²) in [6, 6.07) is 3.37. The maximum atomic E-state index is 13.3. The van der Waals surface area contributed by atoms with Crippen LogP contribution in [0.5, 0.6) is 0 Å². The van der Waals surface area contributed by atoms with E-state index in [9.17, 15) is 14.0 Å². The third-order valence-corrected chi connectivity index (χ3v) is 2.38. The monoisotopic (exact) mass is 277 g/mol.